The lowest BCUT2D eigenvalue weighted by Crippen LogP contribution is -2.18. The summed E-state index contributed by atoms with van der Waals surface area (Å²) in [5, 5.41) is 3.27. The third kappa shape index (κ3) is 2.83. The molecule has 1 N–H and O–H groups in total. The summed E-state index contributed by atoms with van der Waals surface area (Å²) in [5.41, 5.74) is 4.65. The fraction of sp³-hybridized carbons (Fsp3) is 0.294. The van der Waals surface area contributed by atoms with E-state index in [-0.39, 0.29) is 17.6 Å². The Hall–Kier alpha value is -1.87. The molecule has 0 fully saturated rings. The van der Waals surface area contributed by atoms with Crippen molar-refractivity contribution in [2.24, 2.45) is 0 Å². The molecule has 1 unspecified atom stereocenters. The molecule has 2 aromatic carbocycles. The van der Waals surface area contributed by atoms with Gasteiger partial charge in [0.25, 0.3) is 0 Å². The average Bonchev–Trinajstić information content (AvgIpc) is 2.45. The molecule has 0 aliphatic carbocycles. The van der Waals surface area contributed by atoms with Crippen LogP contribution in [0.4, 0.5) is 4.39 Å². The molecule has 0 saturated carbocycles. The number of benzene rings is 2. The molecule has 2 rings (SSSR count). The third-order valence-corrected chi connectivity index (χ3v) is 3.66. The number of rotatable bonds is 4. The summed E-state index contributed by atoms with van der Waals surface area (Å²) in [6.45, 7) is 4.19. The van der Waals surface area contributed by atoms with Gasteiger partial charge in [0.05, 0.1) is 13.2 Å². The van der Waals surface area contributed by atoms with E-state index < -0.39 is 0 Å². The van der Waals surface area contributed by atoms with Crippen molar-refractivity contribution < 1.29 is 9.13 Å². The Morgan fingerprint density at radius 3 is 2.25 bits per heavy atom. The molecule has 20 heavy (non-hydrogen) atoms. The van der Waals surface area contributed by atoms with Gasteiger partial charge in [0.2, 0.25) is 0 Å². The fourth-order valence-electron chi connectivity index (χ4n) is 2.33. The first-order chi connectivity index (χ1) is 9.56. The molecular formula is C17H20FNO. The highest BCUT2D eigenvalue weighted by Crippen LogP contribution is 2.27. The molecule has 0 saturated heterocycles. The molecule has 0 aliphatic heterocycles. The number of hydrogen-bond acceptors (Lipinski definition) is 2. The largest absolute Gasteiger partial charge is 0.494 e. The quantitative estimate of drug-likeness (QED) is 0.915. The highest BCUT2D eigenvalue weighted by molar-refractivity contribution is 5.40. The summed E-state index contributed by atoms with van der Waals surface area (Å²) in [6, 6.07) is 11.4. The van der Waals surface area contributed by atoms with E-state index >= 15 is 0 Å². The summed E-state index contributed by atoms with van der Waals surface area (Å²) in [6.07, 6.45) is 0. The predicted molar refractivity (Wildman–Crippen MR) is 79.8 cm³/mol. The molecular weight excluding hydrogens is 253 g/mol. The maximum Gasteiger partial charge on any atom is 0.165 e. The van der Waals surface area contributed by atoms with E-state index in [1.165, 1.54) is 24.3 Å². The van der Waals surface area contributed by atoms with E-state index in [2.05, 4.69) is 37.4 Å². The Morgan fingerprint density at radius 2 is 1.65 bits per heavy atom. The summed E-state index contributed by atoms with van der Waals surface area (Å²) in [5.74, 6) is -0.0715. The van der Waals surface area contributed by atoms with Gasteiger partial charge < -0.3 is 10.1 Å². The molecule has 0 amide bonds. The zero-order valence-electron chi connectivity index (χ0n) is 12.3. The monoisotopic (exact) mass is 273 g/mol. The van der Waals surface area contributed by atoms with Crippen molar-refractivity contribution in [1.82, 2.24) is 5.32 Å². The summed E-state index contributed by atoms with van der Waals surface area (Å²) in [7, 11) is 3.38. The molecule has 1 atom stereocenters. The van der Waals surface area contributed by atoms with Crippen molar-refractivity contribution in [3.8, 4) is 5.75 Å². The lowest BCUT2D eigenvalue weighted by molar-refractivity contribution is 0.385. The van der Waals surface area contributed by atoms with Gasteiger partial charge in [-0.15, -0.1) is 0 Å². The maximum atomic E-state index is 13.5. The second-order valence-corrected chi connectivity index (χ2v) is 4.96. The van der Waals surface area contributed by atoms with Gasteiger partial charge in [0.1, 0.15) is 0 Å². The summed E-state index contributed by atoms with van der Waals surface area (Å²) < 4.78 is 18.6. The van der Waals surface area contributed by atoms with E-state index in [1.54, 1.807) is 12.1 Å². The number of hydrogen-bond donors (Lipinski definition) is 1. The molecule has 0 aliphatic rings. The van der Waals surface area contributed by atoms with E-state index in [0.717, 1.165) is 11.1 Å². The van der Waals surface area contributed by atoms with Gasteiger partial charge in [-0.1, -0.05) is 24.3 Å². The van der Waals surface area contributed by atoms with Crippen LogP contribution in [0.5, 0.6) is 5.75 Å². The van der Waals surface area contributed by atoms with Crippen LogP contribution in [0.3, 0.4) is 0 Å². The Balaban J connectivity index is 2.43. The van der Waals surface area contributed by atoms with E-state index in [0.29, 0.717) is 0 Å². The minimum atomic E-state index is -0.341. The van der Waals surface area contributed by atoms with Gasteiger partial charge >= 0.3 is 0 Å². The summed E-state index contributed by atoms with van der Waals surface area (Å²) in [4.78, 5) is 0. The van der Waals surface area contributed by atoms with Gasteiger partial charge in [-0.2, -0.15) is 0 Å². The highest BCUT2D eigenvalue weighted by atomic mass is 19.1. The molecule has 0 bridgehead atoms. The highest BCUT2D eigenvalue weighted by Gasteiger charge is 2.15. The van der Waals surface area contributed by atoms with Crippen LogP contribution in [-0.2, 0) is 0 Å². The Labute approximate surface area is 119 Å². The standard InChI is InChI=1S/C17H20FNO/c1-11-5-6-13(9-12(11)2)17(19-3)14-7-8-15(18)16(10-14)20-4/h5-10,17,19H,1-4H3. The Kier molecular flexibility index (Phi) is 4.40. The molecule has 0 radical (unpaired) electrons. The molecule has 0 spiro atoms. The zero-order chi connectivity index (χ0) is 14.7. The number of ether oxygens (including phenoxy) is 1. The summed E-state index contributed by atoms with van der Waals surface area (Å²) >= 11 is 0. The van der Waals surface area contributed by atoms with Gasteiger partial charge in [0.15, 0.2) is 11.6 Å². The smallest absolute Gasteiger partial charge is 0.165 e. The maximum absolute atomic E-state index is 13.5. The van der Waals surface area contributed by atoms with Crippen LogP contribution in [0.1, 0.15) is 28.3 Å². The molecule has 0 heterocycles. The fourth-order valence-corrected chi connectivity index (χ4v) is 2.33. The van der Waals surface area contributed by atoms with E-state index in [9.17, 15) is 4.39 Å². The second kappa shape index (κ2) is 6.06. The third-order valence-electron chi connectivity index (χ3n) is 3.66. The van der Waals surface area contributed by atoms with Crippen molar-refractivity contribution in [1.29, 1.82) is 0 Å². The van der Waals surface area contributed by atoms with Gasteiger partial charge in [-0.3, -0.25) is 0 Å². The van der Waals surface area contributed by atoms with Crippen LogP contribution in [0, 0.1) is 19.7 Å². The number of halogens is 1. The van der Waals surface area contributed by atoms with Crippen molar-refractivity contribution >= 4 is 0 Å². The van der Waals surface area contributed by atoms with Gasteiger partial charge in [0, 0.05) is 0 Å². The lowest BCUT2D eigenvalue weighted by atomic mass is 9.95. The van der Waals surface area contributed by atoms with Crippen LogP contribution in [-0.4, -0.2) is 14.2 Å². The van der Waals surface area contributed by atoms with Crippen LogP contribution in [0.2, 0.25) is 0 Å². The normalized spacial score (nSPS) is 12.2. The topological polar surface area (TPSA) is 21.3 Å². The Morgan fingerprint density at radius 1 is 1.00 bits per heavy atom. The van der Waals surface area contributed by atoms with Crippen molar-refractivity contribution in [3.05, 3.63) is 64.5 Å². The van der Waals surface area contributed by atoms with Crippen molar-refractivity contribution in [2.75, 3.05) is 14.2 Å². The average molecular weight is 273 g/mol. The van der Waals surface area contributed by atoms with Crippen LogP contribution >= 0.6 is 0 Å². The van der Waals surface area contributed by atoms with Crippen molar-refractivity contribution in [3.63, 3.8) is 0 Å². The van der Waals surface area contributed by atoms with Crippen molar-refractivity contribution in [2.45, 2.75) is 19.9 Å². The lowest BCUT2D eigenvalue weighted by Gasteiger charge is -2.19. The molecule has 2 nitrogen and oxygen atoms in total. The van der Waals surface area contributed by atoms with Gasteiger partial charge in [-0.25, -0.2) is 4.39 Å². The SMILES string of the molecule is CNC(c1ccc(C)c(C)c1)c1ccc(F)c(OC)c1. The minimum absolute atomic E-state index is 0.0174. The number of aryl methyl sites for hydroxylation is 2. The zero-order valence-corrected chi connectivity index (χ0v) is 12.3. The van der Waals surface area contributed by atoms with Gasteiger partial charge in [-0.05, 0) is 55.3 Å². The second-order valence-electron chi connectivity index (χ2n) is 4.96. The first kappa shape index (κ1) is 14.5. The number of nitrogens with one attached hydrogen (secondary N) is 1. The molecule has 2 aromatic rings. The first-order valence-electron chi connectivity index (χ1n) is 6.64. The van der Waals surface area contributed by atoms with Crippen LogP contribution < -0.4 is 10.1 Å². The molecule has 3 heteroatoms. The van der Waals surface area contributed by atoms with Crippen LogP contribution in [0.25, 0.3) is 0 Å². The number of methoxy groups -OCH3 is 1. The predicted octanol–water partition coefficient (Wildman–Crippen LogP) is 3.76. The van der Waals surface area contributed by atoms with E-state index in [4.69, 9.17) is 4.74 Å². The Bertz CT molecular complexity index is 610. The molecule has 106 valence electrons. The first-order valence-corrected chi connectivity index (χ1v) is 6.64. The van der Waals surface area contributed by atoms with E-state index in [1.807, 2.05) is 7.05 Å². The van der Waals surface area contributed by atoms with Crippen LogP contribution in [0.15, 0.2) is 36.4 Å². The molecule has 0 aromatic heterocycles. The minimum Gasteiger partial charge on any atom is -0.494 e.